The molecule has 4 aromatic rings. The van der Waals surface area contributed by atoms with Crippen LogP contribution in [0.25, 0.3) is 21.7 Å². The molecule has 0 atom stereocenters. The van der Waals surface area contributed by atoms with Crippen molar-refractivity contribution in [1.82, 2.24) is 15.2 Å². The summed E-state index contributed by atoms with van der Waals surface area (Å²) in [5, 5.41) is 11.4. The largest absolute Gasteiger partial charge is 0.462 e. The van der Waals surface area contributed by atoms with Gasteiger partial charge >= 0.3 is 0 Å². The van der Waals surface area contributed by atoms with Gasteiger partial charge in [0, 0.05) is 16.0 Å². The van der Waals surface area contributed by atoms with Gasteiger partial charge in [-0.2, -0.15) is 5.10 Å². The number of fused-ring (bicyclic) bond motifs is 1. The van der Waals surface area contributed by atoms with Gasteiger partial charge in [-0.25, -0.2) is 4.98 Å². The average Bonchev–Trinajstić information content (AvgIpc) is 3.26. The third-order valence-corrected chi connectivity index (χ3v) is 4.43. The number of aromatic nitrogens is 3. The zero-order chi connectivity index (χ0) is 15.8. The fourth-order valence-corrected chi connectivity index (χ4v) is 3.20. The van der Waals surface area contributed by atoms with Crippen molar-refractivity contribution in [1.29, 1.82) is 0 Å². The minimum Gasteiger partial charge on any atom is -0.462 e. The van der Waals surface area contributed by atoms with E-state index in [-0.39, 0.29) is 5.91 Å². The number of H-pyrrole nitrogens is 1. The zero-order valence-corrected chi connectivity index (χ0v) is 13.0. The minimum absolute atomic E-state index is 0.237. The van der Waals surface area contributed by atoms with E-state index in [1.54, 1.807) is 18.5 Å². The van der Waals surface area contributed by atoms with Crippen molar-refractivity contribution in [2.75, 3.05) is 5.32 Å². The monoisotopic (exact) mass is 324 g/mol. The first kappa shape index (κ1) is 13.7. The maximum absolute atomic E-state index is 12.5. The molecular formula is C16H12N4O2S. The molecule has 23 heavy (non-hydrogen) atoms. The maximum atomic E-state index is 12.5. The molecule has 1 aromatic carbocycles. The van der Waals surface area contributed by atoms with Crippen LogP contribution in [0.5, 0.6) is 0 Å². The van der Waals surface area contributed by atoms with Gasteiger partial charge < -0.3 is 9.73 Å². The first-order valence-electron chi connectivity index (χ1n) is 6.96. The smallest absolute Gasteiger partial charge is 0.275 e. The lowest BCUT2D eigenvalue weighted by Crippen LogP contribution is -2.13. The van der Waals surface area contributed by atoms with Gasteiger partial charge in [0.05, 0.1) is 18.0 Å². The number of furan rings is 1. The molecule has 0 bridgehead atoms. The minimum atomic E-state index is -0.237. The van der Waals surface area contributed by atoms with E-state index in [4.69, 9.17) is 4.42 Å². The average molecular weight is 324 g/mol. The number of aryl methyl sites for hydroxylation is 1. The lowest BCUT2D eigenvalue weighted by molar-refractivity contribution is 0.102. The fraction of sp³-hybridized carbons (Fsp3) is 0.0625. The van der Waals surface area contributed by atoms with Gasteiger partial charge in [0.1, 0.15) is 5.69 Å². The van der Waals surface area contributed by atoms with Crippen molar-refractivity contribution < 1.29 is 9.21 Å². The van der Waals surface area contributed by atoms with Crippen molar-refractivity contribution >= 4 is 33.8 Å². The number of amides is 1. The predicted molar refractivity (Wildman–Crippen MR) is 88.6 cm³/mol. The SMILES string of the molecule is Cc1sc(-c2ccco2)nc1C(=O)Nc1ccc2[nH]ncc2c1. The summed E-state index contributed by atoms with van der Waals surface area (Å²) in [5.41, 5.74) is 2.04. The molecule has 0 aliphatic carbocycles. The van der Waals surface area contributed by atoms with Crippen LogP contribution in [0.1, 0.15) is 15.4 Å². The van der Waals surface area contributed by atoms with Gasteiger partial charge in [0.25, 0.3) is 5.91 Å². The molecule has 0 unspecified atom stereocenters. The van der Waals surface area contributed by atoms with Crippen LogP contribution in [0.2, 0.25) is 0 Å². The first-order chi connectivity index (χ1) is 11.2. The summed E-state index contributed by atoms with van der Waals surface area (Å²) in [6.07, 6.45) is 3.31. The Morgan fingerprint density at radius 2 is 2.26 bits per heavy atom. The van der Waals surface area contributed by atoms with Crippen molar-refractivity contribution in [2.24, 2.45) is 0 Å². The van der Waals surface area contributed by atoms with E-state index >= 15 is 0 Å². The Hall–Kier alpha value is -2.93. The van der Waals surface area contributed by atoms with Crippen LogP contribution in [-0.4, -0.2) is 21.1 Å². The Morgan fingerprint density at radius 1 is 1.35 bits per heavy atom. The summed E-state index contributed by atoms with van der Waals surface area (Å²) in [7, 11) is 0. The van der Waals surface area contributed by atoms with E-state index < -0.39 is 0 Å². The van der Waals surface area contributed by atoms with Gasteiger partial charge in [-0.3, -0.25) is 9.89 Å². The third kappa shape index (κ3) is 2.51. The number of anilines is 1. The number of benzene rings is 1. The molecule has 7 heteroatoms. The highest BCUT2D eigenvalue weighted by Crippen LogP contribution is 2.28. The van der Waals surface area contributed by atoms with E-state index in [2.05, 4.69) is 20.5 Å². The van der Waals surface area contributed by atoms with E-state index in [0.717, 1.165) is 15.8 Å². The number of aromatic amines is 1. The Bertz CT molecular complexity index is 985. The fourth-order valence-electron chi connectivity index (χ4n) is 2.32. The molecule has 0 spiro atoms. The highest BCUT2D eigenvalue weighted by atomic mass is 32.1. The van der Waals surface area contributed by atoms with Crippen LogP contribution < -0.4 is 5.32 Å². The predicted octanol–water partition coefficient (Wildman–Crippen LogP) is 3.84. The van der Waals surface area contributed by atoms with Gasteiger partial charge in [-0.1, -0.05) is 0 Å². The molecule has 0 saturated heterocycles. The quantitative estimate of drug-likeness (QED) is 0.599. The van der Waals surface area contributed by atoms with Gasteiger partial charge in [-0.15, -0.1) is 11.3 Å². The van der Waals surface area contributed by atoms with Gasteiger partial charge in [-0.05, 0) is 37.3 Å². The van der Waals surface area contributed by atoms with Crippen LogP contribution in [0.4, 0.5) is 5.69 Å². The molecule has 4 rings (SSSR count). The number of rotatable bonds is 3. The normalized spacial score (nSPS) is 11.0. The van der Waals surface area contributed by atoms with Crippen LogP contribution >= 0.6 is 11.3 Å². The topological polar surface area (TPSA) is 83.8 Å². The number of carbonyl (C=O) groups excluding carboxylic acids is 1. The van der Waals surface area contributed by atoms with Crippen molar-refractivity contribution in [3.63, 3.8) is 0 Å². The number of hydrogen-bond donors (Lipinski definition) is 2. The summed E-state index contributed by atoms with van der Waals surface area (Å²) in [6, 6.07) is 9.19. The van der Waals surface area contributed by atoms with Gasteiger partial charge in [0.2, 0.25) is 0 Å². The zero-order valence-electron chi connectivity index (χ0n) is 12.2. The summed E-state index contributed by atoms with van der Waals surface area (Å²) < 4.78 is 5.33. The third-order valence-electron chi connectivity index (χ3n) is 3.44. The lowest BCUT2D eigenvalue weighted by atomic mass is 10.2. The van der Waals surface area contributed by atoms with E-state index in [9.17, 15) is 4.79 Å². The number of nitrogens with one attached hydrogen (secondary N) is 2. The summed E-state index contributed by atoms with van der Waals surface area (Å²) in [5.74, 6) is 0.427. The molecule has 0 aliphatic heterocycles. The molecule has 0 aliphatic rings. The number of hydrogen-bond acceptors (Lipinski definition) is 5. The summed E-state index contributed by atoms with van der Waals surface area (Å²) in [4.78, 5) is 17.7. The molecule has 1 amide bonds. The number of carbonyl (C=O) groups is 1. The van der Waals surface area contributed by atoms with Crippen molar-refractivity contribution in [3.8, 4) is 10.8 Å². The number of nitrogens with zero attached hydrogens (tertiary/aromatic N) is 2. The second kappa shape index (κ2) is 5.36. The van der Waals surface area contributed by atoms with E-state index in [1.807, 2.05) is 31.2 Å². The van der Waals surface area contributed by atoms with Crippen molar-refractivity contribution in [3.05, 3.63) is 53.4 Å². The van der Waals surface area contributed by atoms with Crippen LogP contribution in [0, 0.1) is 6.92 Å². The van der Waals surface area contributed by atoms with E-state index in [1.165, 1.54) is 11.3 Å². The standard InChI is InChI=1S/C16H12N4O2S/c1-9-14(19-16(23-9)13-3-2-6-22-13)15(21)18-11-4-5-12-10(7-11)8-17-20-12/h2-8H,1H3,(H,17,20)(H,18,21). The molecule has 0 saturated carbocycles. The molecule has 114 valence electrons. The van der Waals surface area contributed by atoms with Crippen molar-refractivity contribution in [2.45, 2.75) is 6.92 Å². The van der Waals surface area contributed by atoms with Crippen LogP contribution in [-0.2, 0) is 0 Å². The molecule has 0 fully saturated rings. The van der Waals surface area contributed by atoms with E-state index in [0.29, 0.717) is 22.1 Å². The Labute approximate surface area is 135 Å². The molecule has 3 aromatic heterocycles. The molecule has 6 nitrogen and oxygen atoms in total. The Balaban J connectivity index is 1.61. The summed E-state index contributed by atoms with van der Waals surface area (Å²) >= 11 is 1.43. The molecule has 2 N–H and O–H groups in total. The molecular weight excluding hydrogens is 312 g/mol. The second-order valence-corrected chi connectivity index (χ2v) is 6.23. The van der Waals surface area contributed by atoms with Crippen LogP contribution in [0.15, 0.2) is 47.2 Å². The second-order valence-electron chi connectivity index (χ2n) is 5.03. The Morgan fingerprint density at radius 3 is 3.09 bits per heavy atom. The molecule has 0 radical (unpaired) electrons. The maximum Gasteiger partial charge on any atom is 0.275 e. The highest BCUT2D eigenvalue weighted by molar-refractivity contribution is 7.15. The van der Waals surface area contributed by atoms with Gasteiger partial charge in [0.15, 0.2) is 10.8 Å². The first-order valence-corrected chi connectivity index (χ1v) is 7.78. The summed E-state index contributed by atoms with van der Waals surface area (Å²) in [6.45, 7) is 1.87. The Kier molecular flexibility index (Phi) is 3.20. The van der Waals surface area contributed by atoms with Crippen LogP contribution in [0.3, 0.4) is 0 Å². The highest BCUT2D eigenvalue weighted by Gasteiger charge is 2.17. The molecule has 3 heterocycles. The lowest BCUT2D eigenvalue weighted by Gasteiger charge is -2.03. The number of thiazole rings is 1.